The fraction of sp³-hybridized carbons (Fsp3) is 0.348. The van der Waals surface area contributed by atoms with Crippen LogP contribution in [0.3, 0.4) is 0 Å². The molecule has 0 bridgehead atoms. The van der Waals surface area contributed by atoms with Crippen molar-refractivity contribution in [3.63, 3.8) is 0 Å². The fourth-order valence-electron chi connectivity index (χ4n) is 3.72. The normalized spacial score (nSPS) is 13.3. The second-order valence-corrected chi connectivity index (χ2v) is 7.24. The first-order valence-corrected chi connectivity index (χ1v) is 10.3. The molecule has 1 aromatic heterocycles. The van der Waals surface area contributed by atoms with Crippen LogP contribution in [-0.2, 0) is 13.0 Å². The minimum absolute atomic E-state index is 0.212. The van der Waals surface area contributed by atoms with Crippen LogP contribution in [0, 0.1) is 0 Å². The zero-order valence-corrected chi connectivity index (χ0v) is 17.4. The lowest BCUT2D eigenvalue weighted by Crippen LogP contribution is -2.12. The number of nitrogens with zero attached hydrogens (tertiary/aromatic N) is 3. The van der Waals surface area contributed by atoms with Crippen molar-refractivity contribution in [1.82, 2.24) is 14.8 Å². The summed E-state index contributed by atoms with van der Waals surface area (Å²) in [6.45, 7) is 3.31. The van der Waals surface area contributed by atoms with Gasteiger partial charge in [-0.2, -0.15) is 0 Å². The molecule has 1 aliphatic heterocycles. The van der Waals surface area contributed by atoms with Crippen molar-refractivity contribution in [2.45, 2.75) is 39.2 Å². The van der Waals surface area contributed by atoms with E-state index in [0.29, 0.717) is 29.4 Å². The molecule has 0 fully saturated rings. The number of carbonyl (C=O) groups excluding carboxylic acids is 1. The van der Waals surface area contributed by atoms with E-state index in [1.165, 1.54) is 6.42 Å². The van der Waals surface area contributed by atoms with E-state index in [1.807, 2.05) is 31.2 Å². The van der Waals surface area contributed by atoms with Gasteiger partial charge in [0.15, 0.2) is 17.3 Å². The Bertz CT molecular complexity index is 1040. The summed E-state index contributed by atoms with van der Waals surface area (Å²) in [6.07, 6.45) is 4.46. The van der Waals surface area contributed by atoms with E-state index in [1.54, 1.807) is 25.3 Å². The van der Waals surface area contributed by atoms with Crippen molar-refractivity contribution in [2.75, 3.05) is 19.0 Å². The van der Waals surface area contributed by atoms with Gasteiger partial charge in [-0.15, -0.1) is 10.2 Å². The highest BCUT2D eigenvalue weighted by Gasteiger charge is 2.17. The van der Waals surface area contributed by atoms with Gasteiger partial charge in [0.1, 0.15) is 5.82 Å². The van der Waals surface area contributed by atoms with Crippen molar-refractivity contribution >= 4 is 11.6 Å². The van der Waals surface area contributed by atoms with E-state index in [-0.39, 0.29) is 5.91 Å². The van der Waals surface area contributed by atoms with E-state index < -0.39 is 0 Å². The number of methoxy groups -OCH3 is 1. The van der Waals surface area contributed by atoms with Gasteiger partial charge in [-0.3, -0.25) is 4.79 Å². The molecule has 4 rings (SSSR count). The molecule has 0 saturated heterocycles. The Kier molecular flexibility index (Phi) is 5.97. The third kappa shape index (κ3) is 4.15. The third-order valence-electron chi connectivity index (χ3n) is 5.21. The predicted octanol–water partition coefficient (Wildman–Crippen LogP) is 4.33. The van der Waals surface area contributed by atoms with E-state index in [2.05, 4.69) is 20.1 Å². The second kappa shape index (κ2) is 8.98. The topological polar surface area (TPSA) is 78.3 Å². The van der Waals surface area contributed by atoms with Gasteiger partial charge in [0.25, 0.3) is 5.91 Å². The smallest absolute Gasteiger partial charge is 0.255 e. The number of anilines is 1. The van der Waals surface area contributed by atoms with Crippen molar-refractivity contribution in [3.05, 3.63) is 53.9 Å². The Morgan fingerprint density at radius 2 is 2.00 bits per heavy atom. The summed E-state index contributed by atoms with van der Waals surface area (Å²) >= 11 is 0. The molecule has 7 heteroatoms. The molecule has 3 aromatic rings. The third-order valence-corrected chi connectivity index (χ3v) is 5.21. The summed E-state index contributed by atoms with van der Waals surface area (Å²) in [4.78, 5) is 12.8. The average molecular weight is 406 g/mol. The molecule has 156 valence electrons. The Labute approximate surface area is 176 Å². The highest BCUT2D eigenvalue weighted by Crippen LogP contribution is 2.29. The number of hydrogen-bond acceptors (Lipinski definition) is 5. The van der Waals surface area contributed by atoms with Gasteiger partial charge in [-0.25, -0.2) is 0 Å². The molecule has 0 unspecified atom stereocenters. The van der Waals surface area contributed by atoms with Crippen LogP contribution in [0.25, 0.3) is 11.4 Å². The summed E-state index contributed by atoms with van der Waals surface area (Å²) in [5.74, 6) is 2.83. The number of amides is 1. The van der Waals surface area contributed by atoms with Gasteiger partial charge in [-0.05, 0) is 50.1 Å². The quantitative estimate of drug-likeness (QED) is 0.659. The molecule has 0 atom stereocenters. The van der Waals surface area contributed by atoms with Gasteiger partial charge in [0, 0.05) is 29.8 Å². The van der Waals surface area contributed by atoms with Crippen molar-refractivity contribution in [3.8, 4) is 22.9 Å². The number of rotatable bonds is 6. The maximum Gasteiger partial charge on any atom is 0.255 e. The van der Waals surface area contributed by atoms with Gasteiger partial charge >= 0.3 is 0 Å². The molecule has 0 spiro atoms. The Balaban J connectivity index is 1.56. The number of fused-ring (bicyclic) bond motifs is 1. The molecular weight excluding hydrogens is 380 g/mol. The van der Waals surface area contributed by atoms with Crippen molar-refractivity contribution < 1.29 is 14.3 Å². The molecule has 1 N–H and O–H groups in total. The monoisotopic (exact) mass is 406 g/mol. The van der Waals surface area contributed by atoms with Crippen molar-refractivity contribution in [2.24, 2.45) is 0 Å². The predicted molar refractivity (Wildman–Crippen MR) is 115 cm³/mol. The zero-order valence-electron chi connectivity index (χ0n) is 17.4. The molecular formula is C23H26N4O3. The van der Waals surface area contributed by atoms with Crippen LogP contribution < -0.4 is 14.8 Å². The summed E-state index contributed by atoms with van der Waals surface area (Å²) in [7, 11) is 1.58. The van der Waals surface area contributed by atoms with Crippen LogP contribution in [0.4, 0.5) is 5.69 Å². The lowest BCUT2D eigenvalue weighted by atomic mass is 10.1. The molecule has 0 saturated carbocycles. The number of ether oxygens (including phenoxy) is 2. The molecule has 0 radical (unpaired) electrons. The summed E-state index contributed by atoms with van der Waals surface area (Å²) in [5, 5.41) is 11.8. The van der Waals surface area contributed by atoms with Crippen LogP contribution in [-0.4, -0.2) is 34.4 Å². The number of carbonyl (C=O) groups is 1. The number of hydrogen-bond donors (Lipinski definition) is 1. The number of aryl methyl sites for hydroxylation is 1. The summed E-state index contributed by atoms with van der Waals surface area (Å²) in [5.41, 5.74) is 2.15. The number of aromatic nitrogens is 3. The van der Waals surface area contributed by atoms with E-state index in [9.17, 15) is 4.79 Å². The molecule has 7 nitrogen and oxygen atoms in total. The molecule has 30 heavy (non-hydrogen) atoms. The molecule has 2 heterocycles. The standard InChI is InChI=1S/C23H26N4O3/c1-3-30-20-15-17(11-12-19(20)29-2)23(28)24-18-9-7-8-16(14-18)22-26-25-21-10-5-4-6-13-27(21)22/h7-9,11-12,14-15H,3-6,10,13H2,1-2H3,(H,24,28). The first-order chi connectivity index (χ1) is 14.7. The Hall–Kier alpha value is -3.35. The zero-order chi connectivity index (χ0) is 20.9. The van der Waals surface area contributed by atoms with Gasteiger partial charge in [-0.1, -0.05) is 18.6 Å². The maximum absolute atomic E-state index is 12.8. The summed E-state index contributed by atoms with van der Waals surface area (Å²) < 4.78 is 13.1. The highest BCUT2D eigenvalue weighted by molar-refractivity contribution is 6.04. The van der Waals surface area contributed by atoms with E-state index >= 15 is 0 Å². The second-order valence-electron chi connectivity index (χ2n) is 7.24. The highest BCUT2D eigenvalue weighted by atomic mass is 16.5. The minimum Gasteiger partial charge on any atom is -0.493 e. The largest absolute Gasteiger partial charge is 0.493 e. The Morgan fingerprint density at radius 3 is 2.83 bits per heavy atom. The molecule has 2 aromatic carbocycles. The molecule has 1 amide bonds. The van der Waals surface area contributed by atoms with Gasteiger partial charge in [0.05, 0.1) is 13.7 Å². The first-order valence-electron chi connectivity index (χ1n) is 10.3. The van der Waals surface area contributed by atoms with Crippen LogP contribution in [0.2, 0.25) is 0 Å². The van der Waals surface area contributed by atoms with E-state index in [4.69, 9.17) is 9.47 Å². The van der Waals surface area contributed by atoms with Gasteiger partial charge in [0.2, 0.25) is 0 Å². The average Bonchev–Trinajstić information content (AvgIpc) is 3.02. The first kappa shape index (κ1) is 19.9. The van der Waals surface area contributed by atoms with Gasteiger partial charge < -0.3 is 19.4 Å². The van der Waals surface area contributed by atoms with Crippen molar-refractivity contribution in [1.29, 1.82) is 0 Å². The van der Waals surface area contributed by atoms with Crippen LogP contribution in [0.1, 0.15) is 42.4 Å². The van der Waals surface area contributed by atoms with Crippen LogP contribution in [0.5, 0.6) is 11.5 Å². The molecule has 0 aliphatic carbocycles. The van der Waals surface area contributed by atoms with E-state index in [0.717, 1.165) is 43.0 Å². The fourth-order valence-corrected chi connectivity index (χ4v) is 3.72. The van der Waals surface area contributed by atoms with Crippen LogP contribution >= 0.6 is 0 Å². The minimum atomic E-state index is -0.212. The lowest BCUT2D eigenvalue weighted by Gasteiger charge is -2.12. The van der Waals surface area contributed by atoms with Crippen LogP contribution in [0.15, 0.2) is 42.5 Å². The maximum atomic E-state index is 12.8. The summed E-state index contributed by atoms with van der Waals surface area (Å²) in [6, 6.07) is 12.9. The number of nitrogens with one attached hydrogen (secondary N) is 1. The number of benzene rings is 2. The molecule has 1 aliphatic rings. The lowest BCUT2D eigenvalue weighted by molar-refractivity contribution is 0.102. The SMILES string of the molecule is CCOc1cc(C(=O)Nc2cccc(-c3nnc4n3CCCCC4)c2)ccc1OC. The Morgan fingerprint density at radius 1 is 1.10 bits per heavy atom.